The molecule has 0 atom stereocenters. The highest BCUT2D eigenvalue weighted by atomic mass is 35.5. The van der Waals surface area contributed by atoms with E-state index in [2.05, 4.69) is 23.1 Å². The molecule has 0 aliphatic carbocycles. The second-order valence-corrected chi connectivity index (χ2v) is 6.36. The second-order valence-electron chi connectivity index (χ2n) is 4.84. The van der Waals surface area contributed by atoms with Crippen LogP contribution in [0.15, 0.2) is 24.3 Å². The van der Waals surface area contributed by atoms with E-state index in [-0.39, 0.29) is 6.10 Å². The summed E-state index contributed by atoms with van der Waals surface area (Å²) >= 11 is 8.22. The van der Waals surface area contributed by atoms with Gasteiger partial charge in [0.1, 0.15) is 0 Å². The van der Waals surface area contributed by atoms with Crippen LogP contribution in [0.3, 0.4) is 0 Å². The number of hydrogen-bond acceptors (Lipinski definition) is 3. The number of fused-ring (bicyclic) bond motifs is 1. The summed E-state index contributed by atoms with van der Waals surface area (Å²) in [4.78, 5) is 3.62. The Balaban J connectivity index is 1.80. The molecule has 0 radical (unpaired) electrons. The van der Waals surface area contributed by atoms with E-state index in [4.69, 9.17) is 11.6 Å². The van der Waals surface area contributed by atoms with Crippen molar-refractivity contribution in [3.63, 3.8) is 0 Å². The molecule has 0 saturated carbocycles. The molecule has 18 heavy (non-hydrogen) atoms. The van der Waals surface area contributed by atoms with Crippen molar-refractivity contribution in [2.75, 3.05) is 13.1 Å². The van der Waals surface area contributed by atoms with Gasteiger partial charge >= 0.3 is 0 Å². The highest BCUT2D eigenvalue weighted by molar-refractivity contribution is 7.19. The predicted octanol–water partition coefficient (Wildman–Crippen LogP) is 3.51. The summed E-state index contributed by atoms with van der Waals surface area (Å²) in [6, 6.07) is 8.28. The van der Waals surface area contributed by atoms with Gasteiger partial charge in [0.05, 0.1) is 11.1 Å². The normalized spacial score (nSPS) is 18.6. The Morgan fingerprint density at radius 2 is 2.00 bits per heavy atom. The van der Waals surface area contributed by atoms with Gasteiger partial charge in [0.15, 0.2) is 0 Å². The zero-order chi connectivity index (χ0) is 12.5. The average Bonchev–Trinajstić information content (AvgIpc) is 2.70. The van der Waals surface area contributed by atoms with Crippen LogP contribution < -0.4 is 0 Å². The van der Waals surface area contributed by atoms with E-state index in [0.29, 0.717) is 0 Å². The molecule has 3 rings (SSSR count). The van der Waals surface area contributed by atoms with Gasteiger partial charge in [-0.2, -0.15) is 0 Å². The van der Waals surface area contributed by atoms with Crippen molar-refractivity contribution >= 4 is 33.0 Å². The van der Waals surface area contributed by atoms with Crippen molar-refractivity contribution in [2.45, 2.75) is 25.5 Å². The fourth-order valence-electron chi connectivity index (χ4n) is 2.45. The first-order chi connectivity index (χ1) is 8.74. The van der Waals surface area contributed by atoms with Crippen LogP contribution in [0.25, 0.3) is 10.1 Å². The lowest BCUT2D eigenvalue weighted by molar-refractivity contribution is 0.0797. The molecule has 0 bridgehead atoms. The number of nitrogens with zero attached hydrogens (tertiary/aromatic N) is 1. The van der Waals surface area contributed by atoms with Gasteiger partial charge in [-0.25, -0.2) is 0 Å². The van der Waals surface area contributed by atoms with E-state index in [0.717, 1.165) is 42.9 Å². The van der Waals surface area contributed by atoms with Gasteiger partial charge in [0, 0.05) is 34.6 Å². The molecule has 0 spiro atoms. The molecule has 1 aliphatic heterocycles. The van der Waals surface area contributed by atoms with Gasteiger partial charge in [-0.1, -0.05) is 29.8 Å². The first kappa shape index (κ1) is 12.4. The van der Waals surface area contributed by atoms with Gasteiger partial charge in [-0.3, -0.25) is 4.90 Å². The van der Waals surface area contributed by atoms with Crippen LogP contribution in [0.5, 0.6) is 0 Å². The largest absolute Gasteiger partial charge is 0.393 e. The van der Waals surface area contributed by atoms with Crippen molar-refractivity contribution in [1.29, 1.82) is 0 Å². The standard InChI is InChI=1S/C14H16ClNOS/c15-14-11-3-1-2-4-12(11)18-13(14)9-16-7-5-10(17)6-8-16/h1-4,10,17H,5-9H2. The van der Waals surface area contributed by atoms with Crippen molar-refractivity contribution in [1.82, 2.24) is 4.90 Å². The van der Waals surface area contributed by atoms with Crippen LogP contribution in [0, 0.1) is 0 Å². The molecule has 1 fully saturated rings. The average molecular weight is 282 g/mol. The summed E-state index contributed by atoms with van der Waals surface area (Å²) in [5, 5.41) is 11.6. The highest BCUT2D eigenvalue weighted by Crippen LogP contribution is 2.36. The maximum Gasteiger partial charge on any atom is 0.0637 e. The SMILES string of the molecule is OC1CCN(Cc2sc3ccccc3c2Cl)CC1. The Labute approximate surface area is 116 Å². The Morgan fingerprint density at radius 3 is 2.72 bits per heavy atom. The number of benzene rings is 1. The molecule has 1 saturated heterocycles. The van der Waals surface area contributed by atoms with Crippen molar-refractivity contribution < 1.29 is 5.11 Å². The third-order valence-electron chi connectivity index (χ3n) is 3.53. The second kappa shape index (κ2) is 5.17. The molecule has 0 amide bonds. The van der Waals surface area contributed by atoms with E-state index in [1.807, 2.05) is 6.07 Å². The first-order valence-corrected chi connectivity index (χ1v) is 7.50. The molecule has 4 heteroatoms. The zero-order valence-corrected chi connectivity index (χ0v) is 11.7. The minimum absolute atomic E-state index is 0.112. The molecule has 1 N–H and O–H groups in total. The highest BCUT2D eigenvalue weighted by Gasteiger charge is 2.19. The van der Waals surface area contributed by atoms with Gasteiger partial charge in [0.25, 0.3) is 0 Å². The van der Waals surface area contributed by atoms with Gasteiger partial charge in [0.2, 0.25) is 0 Å². The van der Waals surface area contributed by atoms with E-state index in [1.165, 1.54) is 9.58 Å². The molecular weight excluding hydrogens is 266 g/mol. The van der Waals surface area contributed by atoms with Crippen LogP contribution in [0.2, 0.25) is 5.02 Å². The van der Waals surface area contributed by atoms with Crippen molar-refractivity contribution in [2.24, 2.45) is 0 Å². The number of piperidine rings is 1. The molecule has 0 unspecified atom stereocenters. The number of aliphatic hydroxyl groups is 1. The molecule has 2 heterocycles. The minimum Gasteiger partial charge on any atom is -0.393 e. The van der Waals surface area contributed by atoms with Crippen molar-refractivity contribution in [3.8, 4) is 0 Å². The summed E-state index contributed by atoms with van der Waals surface area (Å²) in [6.07, 6.45) is 1.64. The lowest BCUT2D eigenvalue weighted by Gasteiger charge is -2.29. The monoisotopic (exact) mass is 281 g/mol. The van der Waals surface area contributed by atoms with Crippen LogP contribution >= 0.6 is 22.9 Å². The lowest BCUT2D eigenvalue weighted by Crippen LogP contribution is -2.35. The van der Waals surface area contributed by atoms with Gasteiger partial charge in [-0.15, -0.1) is 11.3 Å². The fourth-order valence-corrected chi connectivity index (χ4v) is 3.98. The van der Waals surface area contributed by atoms with Crippen LogP contribution in [-0.2, 0) is 6.54 Å². The Hall–Kier alpha value is -0.610. The molecule has 2 nitrogen and oxygen atoms in total. The van der Waals surface area contributed by atoms with Crippen LogP contribution in [0.1, 0.15) is 17.7 Å². The summed E-state index contributed by atoms with van der Waals surface area (Å²) in [6.45, 7) is 2.84. The first-order valence-electron chi connectivity index (χ1n) is 6.30. The summed E-state index contributed by atoms with van der Waals surface area (Å²) in [7, 11) is 0. The molecule has 1 aliphatic rings. The lowest BCUT2D eigenvalue weighted by atomic mass is 10.1. The van der Waals surface area contributed by atoms with Crippen molar-refractivity contribution in [3.05, 3.63) is 34.2 Å². The number of likely N-dealkylation sites (tertiary alicyclic amines) is 1. The number of halogens is 1. The fraction of sp³-hybridized carbons (Fsp3) is 0.429. The summed E-state index contributed by atoms with van der Waals surface area (Å²) < 4.78 is 1.26. The minimum atomic E-state index is -0.112. The predicted molar refractivity (Wildman–Crippen MR) is 77.4 cm³/mol. The topological polar surface area (TPSA) is 23.5 Å². The number of aliphatic hydroxyl groups excluding tert-OH is 1. The van der Waals surface area contributed by atoms with E-state index >= 15 is 0 Å². The van der Waals surface area contributed by atoms with Crippen LogP contribution in [-0.4, -0.2) is 29.2 Å². The smallest absolute Gasteiger partial charge is 0.0637 e. The van der Waals surface area contributed by atoms with Gasteiger partial charge < -0.3 is 5.11 Å². The Morgan fingerprint density at radius 1 is 1.28 bits per heavy atom. The van der Waals surface area contributed by atoms with E-state index in [1.54, 1.807) is 11.3 Å². The molecule has 1 aromatic carbocycles. The number of hydrogen-bond donors (Lipinski definition) is 1. The van der Waals surface area contributed by atoms with E-state index < -0.39 is 0 Å². The maximum absolute atomic E-state index is 9.51. The van der Waals surface area contributed by atoms with E-state index in [9.17, 15) is 5.11 Å². The third kappa shape index (κ3) is 2.41. The molecule has 96 valence electrons. The third-order valence-corrected chi connectivity index (χ3v) is 5.23. The zero-order valence-electron chi connectivity index (χ0n) is 10.1. The van der Waals surface area contributed by atoms with Gasteiger partial charge in [-0.05, 0) is 18.9 Å². The molecular formula is C14H16ClNOS. The Bertz CT molecular complexity index is 546. The number of thiophene rings is 1. The summed E-state index contributed by atoms with van der Waals surface area (Å²) in [5.74, 6) is 0. The number of rotatable bonds is 2. The molecule has 1 aromatic heterocycles. The summed E-state index contributed by atoms with van der Waals surface area (Å²) in [5.41, 5.74) is 0. The Kier molecular flexibility index (Phi) is 3.57. The molecule has 2 aromatic rings. The quantitative estimate of drug-likeness (QED) is 0.911. The maximum atomic E-state index is 9.51. The van der Waals surface area contributed by atoms with Crippen LogP contribution in [0.4, 0.5) is 0 Å².